The van der Waals surface area contributed by atoms with Crippen molar-refractivity contribution >= 4 is 22.1 Å². The second-order valence-electron chi connectivity index (χ2n) is 5.81. The molecule has 0 aliphatic heterocycles. The Bertz CT molecular complexity index is 837. The lowest BCUT2D eigenvalue weighted by Crippen LogP contribution is -2.26. The van der Waals surface area contributed by atoms with Crippen molar-refractivity contribution in [3.63, 3.8) is 0 Å². The fourth-order valence-electron chi connectivity index (χ4n) is 2.33. The van der Waals surface area contributed by atoms with Crippen LogP contribution in [0.4, 0.5) is 10.7 Å². The Balaban J connectivity index is 1.95. The van der Waals surface area contributed by atoms with Crippen molar-refractivity contribution in [2.45, 2.75) is 38.0 Å². The van der Waals surface area contributed by atoms with Gasteiger partial charge in [0.25, 0.3) is 10.0 Å². The van der Waals surface area contributed by atoms with Crippen molar-refractivity contribution in [2.24, 2.45) is 0 Å². The summed E-state index contributed by atoms with van der Waals surface area (Å²) in [6.07, 6.45) is 5.15. The Hall–Kier alpha value is -2.68. The molecule has 1 amide bonds. The van der Waals surface area contributed by atoms with Crippen molar-refractivity contribution in [1.29, 1.82) is 0 Å². The second kappa shape index (κ2) is 9.86. The van der Waals surface area contributed by atoms with Gasteiger partial charge in [-0.15, -0.1) is 0 Å². The van der Waals surface area contributed by atoms with Crippen LogP contribution in [0.15, 0.2) is 41.6 Å². The number of benzene rings is 1. The van der Waals surface area contributed by atoms with E-state index >= 15 is 0 Å². The predicted octanol–water partition coefficient (Wildman–Crippen LogP) is 2.52. The van der Waals surface area contributed by atoms with Gasteiger partial charge in [0.05, 0.1) is 11.5 Å². The maximum atomic E-state index is 12.4. The van der Waals surface area contributed by atoms with Crippen LogP contribution in [0.1, 0.15) is 31.4 Å². The van der Waals surface area contributed by atoms with Crippen molar-refractivity contribution in [3.8, 4) is 0 Å². The lowest BCUT2D eigenvalue weighted by atomic mass is 10.1. The summed E-state index contributed by atoms with van der Waals surface area (Å²) in [5.41, 5.74) is 1.85. The number of carbonyl (C=O) groups excluding carboxylic acids is 1. The molecule has 0 aliphatic carbocycles. The highest BCUT2D eigenvalue weighted by molar-refractivity contribution is 7.92. The first-order valence-corrected chi connectivity index (χ1v) is 10.3. The van der Waals surface area contributed by atoms with Gasteiger partial charge in [-0.05, 0) is 43.0 Å². The highest BCUT2D eigenvalue weighted by Gasteiger charge is 2.15. The first kappa shape index (κ1) is 20.6. The number of alkyl carbamates (subject to hydrolysis) is 1. The Kier molecular flexibility index (Phi) is 7.54. The first-order valence-electron chi connectivity index (χ1n) is 8.78. The van der Waals surface area contributed by atoms with Crippen molar-refractivity contribution in [3.05, 3.63) is 47.8 Å². The molecule has 0 radical (unpaired) electrons. The second-order valence-corrected chi connectivity index (χ2v) is 7.49. The normalized spacial score (nSPS) is 11.0. The zero-order valence-electron chi connectivity index (χ0n) is 15.4. The van der Waals surface area contributed by atoms with E-state index in [2.05, 4.69) is 20.0 Å². The van der Waals surface area contributed by atoms with E-state index in [4.69, 9.17) is 4.74 Å². The van der Waals surface area contributed by atoms with Gasteiger partial charge in [0.15, 0.2) is 0 Å². The van der Waals surface area contributed by atoms with Gasteiger partial charge in [0.2, 0.25) is 5.95 Å². The van der Waals surface area contributed by atoms with Gasteiger partial charge >= 0.3 is 6.09 Å². The molecule has 8 nitrogen and oxygen atoms in total. The van der Waals surface area contributed by atoms with Crippen LogP contribution < -0.4 is 10.0 Å². The molecule has 2 aromatic rings. The minimum atomic E-state index is -3.76. The Labute approximate surface area is 159 Å². The number of ether oxygens (including phenoxy) is 1. The maximum Gasteiger partial charge on any atom is 0.407 e. The van der Waals surface area contributed by atoms with Gasteiger partial charge in [0.1, 0.15) is 0 Å². The van der Waals surface area contributed by atoms with E-state index < -0.39 is 16.1 Å². The maximum absolute atomic E-state index is 12.4. The summed E-state index contributed by atoms with van der Waals surface area (Å²) in [5, 5.41) is 2.61. The van der Waals surface area contributed by atoms with Gasteiger partial charge in [-0.2, -0.15) is 0 Å². The number of aromatic nitrogens is 2. The Morgan fingerprint density at radius 3 is 2.30 bits per heavy atom. The smallest absolute Gasteiger partial charge is 0.407 e. The third-order valence-corrected chi connectivity index (χ3v) is 5.01. The quantitative estimate of drug-likeness (QED) is 0.678. The molecule has 146 valence electrons. The molecule has 2 N–H and O–H groups in total. The SMILES string of the molecule is CCCc1cnc(NS(=O)(=O)c2ccc(CCNC(=O)OCC)cc2)nc1. The minimum Gasteiger partial charge on any atom is -0.450 e. The molecule has 0 saturated carbocycles. The number of amides is 1. The molecule has 0 atom stereocenters. The van der Waals surface area contributed by atoms with Crippen LogP contribution in [0.3, 0.4) is 0 Å². The molecule has 9 heteroatoms. The first-order chi connectivity index (χ1) is 12.9. The minimum absolute atomic E-state index is 0.0394. The zero-order chi connectivity index (χ0) is 19.7. The fourth-order valence-corrected chi connectivity index (χ4v) is 3.29. The molecule has 2 rings (SSSR count). The van der Waals surface area contributed by atoms with Crippen molar-refractivity contribution < 1.29 is 17.9 Å². The van der Waals surface area contributed by atoms with Gasteiger partial charge in [0, 0.05) is 18.9 Å². The van der Waals surface area contributed by atoms with Crippen LogP contribution in [-0.4, -0.2) is 37.6 Å². The van der Waals surface area contributed by atoms with Gasteiger partial charge in [-0.3, -0.25) is 0 Å². The van der Waals surface area contributed by atoms with E-state index in [0.29, 0.717) is 19.6 Å². The molecule has 1 aromatic carbocycles. The summed E-state index contributed by atoms with van der Waals surface area (Å²) < 4.78 is 32.0. The van der Waals surface area contributed by atoms with Gasteiger partial charge < -0.3 is 10.1 Å². The Morgan fingerprint density at radius 2 is 1.70 bits per heavy atom. The number of nitrogens with zero attached hydrogens (tertiary/aromatic N) is 2. The van der Waals surface area contributed by atoms with Gasteiger partial charge in [-0.1, -0.05) is 25.5 Å². The molecular formula is C18H24N4O4S. The van der Waals surface area contributed by atoms with Gasteiger partial charge in [-0.25, -0.2) is 27.9 Å². The third kappa shape index (κ3) is 6.52. The molecular weight excluding hydrogens is 368 g/mol. The summed E-state index contributed by atoms with van der Waals surface area (Å²) in [7, 11) is -3.76. The number of anilines is 1. The zero-order valence-corrected chi connectivity index (χ0v) is 16.3. The molecule has 0 spiro atoms. The molecule has 27 heavy (non-hydrogen) atoms. The third-order valence-electron chi connectivity index (χ3n) is 3.66. The van der Waals surface area contributed by atoms with Crippen LogP contribution in [0.5, 0.6) is 0 Å². The highest BCUT2D eigenvalue weighted by atomic mass is 32.2. The predicted molar refractivity (Wildman–Crippen MR) is 102 cm³/mol. The molecule has 0 bridgehead atoms. The topological polar surface area (TPSA) is 110 Å². The van der Waals surface area contributed by atoms with Crippen LogP contribution in [0.25, 0.3) is 0 Å². The number of hydrogen-bond donors (Lipinski definition) is 2. The average Bonchev–Trinajstić information content (AvgIpc) is 2.64. The number of aryl methyl sites for hydroxylation is 1. The molecule has 0 unspecified atom stereocenters. The highest BCUT2D eigenvalue weighted by Crippen LogP contribution is 2.14. The van der Waals surface area contributed by atoms with Crippen LogP contribution in [0, 0.1) is 0 Å². The van der Waals surface area contributed by atoms with E-state index in [1.807, 2.05) is 6.92 Å². The van der Waals surface area contributed by atoms with Crippen LogP contribution in [-0.2, 0) is 27.6 Å². The fraction of sp³-hybridized carbons (Fsp3) is 0.389. The van der Waals surface area contributed by atoms with E-state index in [-0.39, 0.29) is 10.8 Å². The average molecular weight is 392 g/mol. The van der Waals surface area contributed by atoms with Crippen LogP contribution in [0.2, 0.25) is 0 Å². The molecule has 0 saturated heterocycles. The number of hydrogen-bond acceptors (Lipinski definition) is 6. The number of sulfonamides is 1. The number of nitrogens with one attached hydrogen (secondary N) is 2. The summed E-state index contributed by atoms with van der Waals surface area (Å²) >= 11 is 0. The molecule has 1 heterocycles. The molecule has 1 aromatic heterocycles. The van der Waals surface area contributed by atoms with Crippen molar-refractivity contribution in [1.82, 2.24) is 15.3 Å². The van der Waals surface area contributed by atoms with Crippen molar-refractivity contribution in [2.75, 3.05) is 17.9 Å². The van der Waals surface area contributed by atoms with E-state index in [9.17, 15) is 13.2 Å². The monoisotopic (exact) mass is 392 g/mol. The summed E-state index contributed by atoms with van der Waals surface area (Å²) in [4.78, 5) is 19.4. The molecule has 0 fully saturated rings. The van der Waals surface area contributed by atoms with E-state index in [1.165, 1.54) is 12.1 Å². The van der Waals surface area contributed by atoms with Crippen LogP contribution >= 0.6 is 0 Å². The molecule has 0 aliphatic rings. The van der Waals surface area contributed by atoms with E-state index in [1.54, 1.807) is 31.5 Å². The lowest BCUT2D eigenvalue weighted by Gasteiger charge is -2.08. The number of rotatable bonds is 9. The summed E-state index contributed by atoms with van der Waals surface area (Å²) in [5.74, 6) is 0.0394. The Morgan fingerprint density at radius 1 is 1.04 bits per heavy atom. The number of carbonyl (C=O) groups is 1. The standard InChI is InChI=1S/C18H24N4O4S/c1-3-5-15-12-20-17(21-13-15)22-27(24,25)16-8-6-14(7-9-16)10-11-19-18(23)26-4-2/h6-9,12-13H,3-5,10-11H2,1-2H3,(H,19,23)(H,20,21,22). The van der Waals surface area contributed by atoms with E-state index in [0.717, 1.165) is 24.0 Å². The summed E-state index contributed by atoms with van der Waals surface area (Å²) in [6.45, 7) is 4.50. The largest absolute Gasteiger partial charge is 0.450 e. The summed E-state index contributed by atoms with van der Waals surface area (Å²) in [6, 6.07) is 6.42. The lowest BCUT2D eigenvalue weighted by molar-refractivity contribution is 0.152.